The van der Waals surface area contributed by atoms with Gasteiger partial charge in [-0.1, -0.05) is 13.3 Å². The zero-order chi connectivity index (χ0) is 24.3. The maximum atomic E-state index is 12.5. The highest BCUT2D eigenvalue weighted by atomic mass is 16.6. The van der Waals surface area contributed by atoms with Crippen LogP contribution in [-0.4, -0.2) is 36.9 Å². The van der Waals surface area contributed by atoms with Gasteiger partial charge in [0.05, 0.1) is 25.5 Å². The summed E-state index contributed by atoms with van der Waals surface area (Å²) in [4.78, 5) is 24.6. The summed E-state index contributed by atoms with van der Waals surface area (Å²) in [6, 6.07) is 17.4. The number of phenolic OH excluding ortho intramolecular Hbond substituents is 1. The van der Waals surface area contributed by atoms with E-state index in [0.29, 0.717) is 34.8 Å². The summed E-state index contributed by atoms with van der Waals surface area (Å²) in [7, 11) is 1.46. The summed E-state index contributed by atoms with van der Waals surface area (Å²) < 4.78 is 16.4. The molecule has 0 bridgehead atoms. The van der Waals surface area contributed by atoms with Gasteiger partial charge in [-0.2, -0.15) is 5.10 Å². The molecule has 176 valence electrons. The maximum Gasteiger partial charge on any atom is 0.343 e. The standard InChI is InChI=1S/C26H26N2O6/c1-3-4-15-33-22-12-8-20(9-13-22)26(31)34-23-14-5-18(16-24(23)32-2)17-27-28-25(30)19-6-10-21(29)11-7-19/h5-14,16-17,29H,3-4,15H2,1-2H3,(H,28,30). The lowest BCUT2D eigenvalue weighted by atomic mass is 10.2. The molecule has 0 heterocycles. The van der Waals surface area contributed by atoms with Gasteiger partial charge in [-0.15, -0.1) is 0 Å². The summed E-state index contributed by atoms with van der Waals surface area (Å²) in [5.41, 5.74) is 3.77. The number of rotatable bonds is 10. The molecular weight excluding hydrogens is 436 g/mol. The Hall–Kier alpha value is -4.33. The number of hydrazone groups is 1. The lowest BCUT2D eigenvalue weighted by molar-refractivity contribution is 0.0729. The average Bonchev–Trinajstić information content (AvgIpc) is 2.85. The summed E-state index contributed by atoms with van der Waals surface area (Å²) in [6.45, 7) is 2.72. The topological polar surface area (TPSA) is 106 Å². The van der Waals surface area contributed by atoms with Crippen LogP contribution in [0.15, 0.2) is 71.8 Å². The van der Waals surface area contributed by atoms with Crippen LogP contribution in [-0.2, 0) is 0 Å². The highest BCUT2D eigenvalue weighted by Gasteiger charge is 2.13. The largest absolute Gasteiger partial charge is 0.508 e. The van der Waals surface area contributed by atoms with E-state index in [9.17, 15) is 14.7 Å². The minimum atomic E-state index is -0.527. The molecule has 0 unspecified atom stereocenters. The third-order valence-electron chi connectivity index (χ3n) is 4.76. The van der Waals surface area contributed by atoms with Crippen molar-refractivity contribution in [2.24, 2.45) is 5.10 Å². The fourth-order valence-corrected chi connectivity index (χ4v) is 2.87. The van der Waals surface area contributed by atoms with Crippen molar-refractivity contribution in [1.82, 2.24) is 5.43 Å². The number of carbonyl (C=O) groups is 2. The molecule has 0 saturated heterocycles. The number of unbranched alkanes of at least 4 members (excludes halogenated alkanes) is 1. The van der Waals surface area contributed by atoms with Crippen molar-refractivity contribution in [2.75, 3.05) is 13.7 Å². The van der Waals surface area contributed by atoms with Crippen LogP contribution >= 0.6 is 0 Å². The zero-order valence-electron chi connectivity index (χ0n) is 19.0. The van der Waals surface area contributed by atoms with Gasteiger partial charge < -0.3 is 19.3 Å². The summed E-state index contributed by atoms with van der Waals surface area (Å²) in [5.74, 6) is 0.407. The van der Waals surface area contributed by atoms with Crippen molar-refractivity contribution in [3.8, 4) is 23.0 Å². The maximum absolute atomic E-state index is 12.5. The first-order valence-electron chi connectivity index (χ1n) is 10.8. The van der Waals surface area contributed by atoms with Crippen LogP contribution in [0.25, 0.3) is 0 Å². The van der Waals surface area contributed by atoms with Crippen LogP contribution in [0, 0.1) is 0 Å². The SMILES string of the molecule is CCCCOc1ccc(C(=O)Oc2ccc(C=NNC(=O)c3ccc(O)cc3)cc2OC)cc1. The summed E-state index contributed by atoms with van der Waals surface area (Å²) in [5, 5.41) is 13.2. The monoisotopic (exact) mass is 462 g/mol. The van der Waals surface area contributed by atoms with Gasteiger partial charge in [-0.05, 0) is 78.7 Å². The second kappa shape index (κ2) is 12.1. The molecule has 8 heteroatoms. The number of methoxy groups -OCH3 is 1. The van der Waals surface area contributed by atoms with Crippen molar-refractivity contribution in [3.63, 3.8) is 0 Å². The Kier molecular flexibility index (Phi) is 8.62. The molecule has 0 aromatic heterocycles. The van der Waals surface area contributed by atoms with Gasteiger partial charge in [0, 0.05) is 5.56 Å². The number of aromatic hydroxyl groups is 1. The van der Waals surface area contributed by atoms with E-state index >= 15 is 0 Å². The van der Waals surface area contributed by atoms with E-state index in [1.807, 2.05) is 0 Å². The molecule has 0 fully saturated rings. The molecular formula is C26H26N2O6. The van der Waals surface area contributed by atoms with Gasteiger partial charge in [-0.25, -0.2) is 10.2 Å². The fraction of sp³-hybridized carbons (Fsp3) is 0.192. The van der Waals surface area contributed by atoms with Gasteiger partial charge in [0.2, 0.25) is 0 Å². The molecule has 3 aromatic carbocycles. The lowest BCUT2D eigenvalue weighted by Crippen LogP contribution is -2.17. The molecule has 2 N–H and O–H groups in total. The Labute approximate surface area is 197 Å². The van der Waals surface area contributed by atoms with E-state index in [4.69, 9.17) is 14.2 Å². The number of carbonyl (C=O) groups excluding carboxylic acids is 2. The number of benzene rings is 3. The number of ether oxygens (including phenoxy) is 3. The van der Waals surface area contributed by atoms with Crippen LogP contribution in [0.2, 0.25) is 0 Å². The van der Waals surface area contributed by atoms with Crippen molar-refractivity contribution in [1.29, 1.82) is 0 Å². The van der Waals surface area contributed by atoms with Gasteiger partial charge in [-0.3, -0.25) is 4.79 Å². The Bertz CT molecular complexity index is 1140. The third-order valence-corrected chi connectivity index (χ3v) is 4.76. The van der Waals surface area contributed by atoms with Crippen LogP contribution in [0.1, 0.15) is 46.0 Å². The number of amides is 1. The van der Waals surface area contributed by atoms with Crippen molar-refractivity contribution >= 4 is 18.1 Å². The van der Waals surface area contributed by atoms with Gasteiger partial charge in [0.25, 0.3) is 5.91 Å². The molecule has 0 atom stereocenters. The normalized spacial score (nSPS) is 10.6. The number of nitrogens with zero attached hydrogens (tertiary/aromatic N) is 1. The molecule has 34 heavy (non-hydrogen) atoms. The van der Waals surface area contributed by atoms with Gasteiger partial charge in [0.15, 0.2) is 11.5 Å². The summed E-state index contributed by atoms with van der Waals surface area (Å²) in [6.07, 6.45) is 3.45. The molecule has 0 saturated carbocycles. The molecule has 0 aliphatic heterocycles. The minimum absolute atomic E-state index is 0.0707. The van der Waals surface area contributed by atoms with Crippen LogP contribution in [0.3, 0.4) is 0 Å². The average molecular weight is 463 g/mol. The Morgan fingerprint density at radius 3 is 2.35 bits per heavy atom. The molecule has 1 amide bonds. The summed E-state index contributed by atoms with van der Waals surface area (Å²) >= 11 is 0. The predicted molar refractivity (Wildman–Crippen MR) is 128 cm³/mol. The van der Waals surface area contributed by atoms with Gasteiger partial charge in [0.1, 0.15) is 11.5 Å². The molecule has 8 nitrogen and oxygen atoms in total. The van der Waals surface area contributed by atoms with E-state index in [2.05, 4.69) is 17.5 Å². The minimum Gasteiger partial charge on any atom is -0.508 e. The molecule has 0 aliphatic rings. The number of hydrogen-bond donors (Lipinski definition) is 2. The van der Waals surface area contributed by atoms with Crippen LogP contribution in [0.5, 0.6) is 23.0 Å². The second-order valence-corrected chi connectivity index (χ2v) is 7.27. The molecule has 0 radical (unpaired) electrons. The molecule has 3 aromatic rings. The number of hydrogen-bond acceptors (Lipinski definition) is 7. The number of nitrogens with one attached hydrogen (secondary N) is 1. The molecule has 3 rings (SSSR count). The smallest absolute Gasteiger partial charge is 0.343 e. The molecule has 0 aliphatic carbocycles. The zero-order valence-corrected chi connectivity index (χ0v) is 19.0. The van der Waals surface area contributed by atoms with E-state index in [0.717, 1.165) is 12.8 Å². The quantitative estimate of drug-likeness (QED) is 0.150. The van der Waals surface area contributed by atoms with E-state index in [1.165, 1.54) is 37.6 Å². The third kappa shape index (κ3) is 6.83. The first kappa shape index (κ1) is 24.3. The Morgan fingerprint density at radius 2 is 1.68 bits per heavy atom. The first-order valence-corrected chi connectivity index (χ1v) is 10.8. The lowest BCUT2D eigenvalue weighted by Gasteiger charge is -2.10. The number of esters is 1. The molecule has 0 spiro atoms. The van der Waals surface area contributed by atoms with E-state index < -0.39 is 11.9 Å². The predicted octanol–water partition coefficient (Wildman–Crippen LogP) is 4.56. The fourth-order valence-electron chi connectivity index (χ4n) is 2.87. The highest BCUT2D eigenvalue weighted by molar-refractivity contribution is 5.95. The van der Waals surface area contributed by atoms with E-state index in [1.54, 1.807) is 42.5 Å². The Balaban J connectivity index is 1.60. The van der Waals surface area contributed by atoms with Crippen molar-refractivity contribution in [2.45, 2.75) is 19.8 Å². The van der Waals surface area contributed by atoms with Crippen LogP contribution < -0.4 is 19.6 Å². The van der Waals surface area contributed by atoms with Crippen LogP contribution in [0.4, 0.5) is 0 Å². The second-order valence-electron chi connectivity index (χ2n) is 7.27. The van der Waals surface area contributed by atoms with Gasteiger partial charge >= 0.3 is 5.97 Å². The number of phenols is 1. The first-order chi connectivity index (χ1) is 16.5. The Morgan fingerprint density at radius 1 is 0.971 bits per heavy atom. The van der Waals surface area contributed by atoms with E-state index in [-0.39, 0.29) is 11.5 Å². The van der Waals surface area contributed by atoms with Crippen molar-refractivity contribution in [3.05, 3.63) is 83.4 Å². The highest BCUT2D eigenvalue weighted by Crippen LogP contribution is 2.28. The van der Waals surface area contributed by atoms with Crippen molar-refractivity contribution < 1.29 is 28.9 Å².